The van der Waals surface area contributed by atoms with Gasteiger partial charge in [-0.05, 0) is 43.4 Å². The zero-order valence-corrected chi connectivity index (χ0v) is 60.4. The maximum atomic E-state index is 13.0. The first-order valence-electron chi connectivity index (χ1n) is 36.9. The van der Waals surface area contributed by atoms with Crippen molar-refractivity contribution >= 4 is 39.5 Å². The molecule has 534 valence electrons. The standard InChI is InChI=1S/C71H138O17P2/c1-8-11-12-13-14-15-16-17-25-32-40-47-54-70(75)88-67(59-82-69(74)53-46-39-34-27-28-35-42-49-62(4)5)61-86-90(79,80)84-57-65(72)56-83-89(77,78)85-60-66(87-71(76)55-48-41-33-26-21-19-23-30-37-44-51-64(7)10-3)58-81-68(73)52-45-38-31-24-20-18-22-29-36-43-50-63(6)9-2/h62-67,72H,8-61H2,1-7H3,(H,77,78)(H,79,80)/t63?,64?,65-,66-,67-/m1/s1. The van der Waals surface area contributed by atoms with Gasteiger partial charge >= 0.3 is 39.5 Å². The third-order valence-electron chi connectivity index (χ3n) is 17.1. The Kier molecular flexibility index (Phi) is 60.6. The molecule has 0 rings (SSSR count). The van der Waals surface area contributed by atoms with E-state index in [1.165, 1.54) is 161 Å². The molecule has 0 bridgehead atoms. The van der Waals surface area contributed by atoms with Crippen LogP contribution >= 0.6 is 15.6 Å². The Balaban J connectivity index is 5.27. The normalized spacial score (nSPS) is 14.8. The van der Waals surface area contributed by atoms with Crippen molar-refractivity contribution in [2.75, 3.05) is 39.6 Å². The Hall–Kier alpha value is -1.94. The number of aliphatic hydroxyl groups excluding tert-OH is 1. The average Bonchev–Trinajstić information content (AvgIpc) is 3.60. The van der Waals surface area contributed by atoms with Crippen molar-refractivity contribution in [1.82, 2.24) is 0 Å². The summed E-state index contributed by atoms with van der Waals surface area (Å²) in [7, 11) is -9.90. The summed E-state index contributed by atoms with van der Waals surface area (Å²) in [5, 5.41) is 10.6. The zero-order valence-electron chi connectivity index (χ0n) is 58.6. The number of carbonyl (C=O) groups excluding carboxylic acids is 4. The smallest absolute Gasteiger partial charge is 0.462 e. The molecule has 0 saturated carbocycles. The van der Waals surface area contributed by atoms with Crippen molar-refractivity contribution in [1.29, 1.82) is 0 Å². The summed E-state index contributed by atoms with van der Waals surface area (Å²) in [6, 6.07) is 0. The topological polar surface area (TPSA) is 237 Å². The number of aliphatic hydroxyl groups is 1. The lowest BCUT2D eigenvalue weighted by Gasteiger charge is -2.21. The third-order valence-corrected chi connectivity index (χ3v) is 19.0. The minimum absolute atomic E-state index is 0.106. The van der Waals surface area contributed by atoms with E-state index in [0.717, 1.165) is 108 Å². The molecule has 19 heteroatoms. The zero-order chi connectivity index (χ0) is 66.6. The highest BCUT2D eigenvalue weighted by molar-refractivity contribution is 7.47. The number of rotatable bonds is 69. The largest absolute Gasteiger partial charge is 0.472 e. The van der Waals surface area contributed by atoms with E-state index in [4.69, 9.17) is 37.0 Å². The molecule has 90 heavy (non-hydrogen) atoms. The third kappa shape index (κ3) is 62.2. The molecule has 0 aliphatic rings. The molecule has 3 N–H and O–H groups in total. The van der Waals surface area contributed by atoms with Crippen LogP contribution in [0.5, 0.6) is 0 Å². The Bertz CT molecular complexity index is 1770. The molecule has 0 amide bonds. The molecular weight excluding hydrogens is 1190 g/mol. The van der Waals surface area contributed by atoms with Gasteiger partial charge in [-0.2, -0.15) is 0 Å². The van der Waals surface area contributed by atoms with E-state index in [1.54, 1.807) is 0 Å². The van der Waals surface area contributed by atoms with Gasteiger partial charge in [0.1, 0.15) is 19.3 Å². The van der Waals surface area contributed by atoms with Crippen molar-refractivity contribution in [2.45, 2.75) is 375 Å². The first kappa shape index (κ1) is 88.1. The van der Waals surface area contributed by atoms with Gasteiger partial charge in [0.25, 0.3) is 0 Å². The summed E-state index contributed by atoms with van der Waals surface area (Å²) in [6.45, 7) is 11.9. The summed E-state index contributed by atoms with van der Waals surface area (Å²) in [5.41, 5.74) is 0. The van der Waals surface area contributed by atoms with E-state index < -0.39 is 97.5 Å². The number of hydrogen-bond donors (Lipinski definition) is 3. The highest BCUT2D eigenvalue weighted by atomic mass is 31.2. The van der Waals surface area contributed by atoms with Crippen molar-refractivity contribution in [2.24, 2.45) is 17.8 Å². The number of carbonyl (C=O) groups is 4. The first-order valence-corrected chi connectivity index (χ1v) is 39.9. The first-order chi connectivity index (χ1) is 43.3. The van der Waals surface area contributed by atoms with Crippen LogP contribution in [-0.2, 0) is 65.4 Å². The molecule has 0 heterocycles. The van der Waals surface area contributed by atoms with Gasteiger partial charge in [-0.15, -0.1) is 0 Å². The Morgan fingerprint density at radius 1 is 0.322 bits per heavy atom. The molecule has 0 aliphatic heterocycles. The van der Waals surface area contributed by atoms with Gasteiger partial charge in [0.2, 0.25) is 0 Å². The Labute approximate surface area is 549 Å². The van der Waals surface area contributed by atoms with E-state index in [9.17, 15) is 43.2 Å². The molecular formula is C71H138O17P2. The van der Waals surface area contributed by atoms with Crippen LogP contribution in [-0.4, -0.2) is 96.7 Å². The van der Waals surface area contributed by atoms with Crippen molar-refractivity contribution in [3.8, 4) is 0 Å². The minimum Gasteiger partial charge on any atom is -0.462 e. The molecule has 0 saturated heterocycles. The fraction of sp³-hybridized carbons (Fsp3) is 0.944. The van der Waals surface area contributed by atoms with E-state index in [1.807, 2.05) is 0 Å². The van der Waals surface area contributed by atoms with Gasteiger partial charge in [-0.3, -0.25) is 37.3 Å². The second-order valence-corrected chi connectivity index (χ2v) is 29.5. The molecule has 0 aromatic rings. The number of unbranched alkanes of at least 4 members (excludes halogenated alkanes) is 35. The second kappa shape index (κ2) is 61.9. The number of phosphoric acid groups is 2. The van der Waals surface area contributed by atoms with Gasteiger partial charge in [0.15, 0.2) is 12.2 Å². The lowest BCUT2D eigenvalue weighted by molar-refractivity contribution is -0.161. The van der Waals surface area contributed by atoms with Crippen molar-refractivity contribution in [3.05, 3.63) is 0 Å². The summed E-state index contributed by atoms with van der Waals surface area (Å²) in [6.07, 6.45) is 45.6. The number of esters is 4. The van der Waals surface area contributed by atoms with Crippen LogP contribution in [0.2, 0.25) is 0 Å². The van der Waals surface area contributed by atoms with Crippen molar-refractivity contribution < 1.29 is 80.2 Å². The molecule has 0 fully saturated rings. The molecule has 0 radical (unpaired) electrons. The van der Waals surface area contributed by atoms with Crippen LogP contribution in [0.3, 0.4) is 0 Å². The molecule has 0 spiro atoms. The SMILES string of the molecule is CCCCCCCCCCCCCCC(=O)O[C@H](COC(=O)CCCCCCCCCC(C)C)COP(=O)(O)OC[C@H](O)COP(=O)(O)OC[C@@H](COC(=O)CCCCCCCCCCCCC(C)CC)OC(=O)CCCCCCCCCCCCC(C)CC. The molecule has 0 aliphatic carbocycles. The van der Waals surface area contributed by atoms with Gasteiger partial charge in [-0.25, -0.2) is 9.13 Å². The van der Waals surface area contributed by atoms with Gasteiger partial charge in [0.05, 0.1) is 26.4 Å². The Morgan fingerprint density at radius 3 is 0.844 bits per heavy atom. The van der Waals surface area contributed by atoms with Crippen LogP contribution in [0.4, 0.5) is 0 Å². The number of ether oxygens (including phenoxy) is 4. The van der Waals surface area contributed by atoms with Gasteiger partial charge < -0.3 is 33.8 Å². The minimum atomic E-state index is -4.95. The number of phosphoric ester groups is 2. The lowest BCUT2D eigenvalue weighted by atomic mass is 9.99. The summed E-state index contributed by atoms with van der Waals surface area (Å²) >= 11 is 0. The highest BCUT2D eigenvalue weighted by Gasteiger charge is 2.30. The molecule has 4 unspecified atom stereocenters. The predicted octanol–water partition coefficient (Wildman–Crippen LogP) is 20.2. The van der Waals surface area contributed by atoms with E-state index >= 15 is 0 Å². The molecule has 0 aromatic carbocycles. The molecule has 0 aromatic heterocycles. The Morgan fingerprint density at radius 2 is 0.567 bits per heavy atom. The fourth-order valence-corrected chi connectivity index (χ4v) is 12.2. The predicted molar refractivity (Wildman–Crippen MR) is 363 cm³/mol. The molecule has 17 nitrogen and oxygen atoms in total. The fourth-order valence-electron chi connectivity index (χ4n) is 10.7. The molecule has 7 atom stereocenters. The number of hydrogen-bond acceptors (Lipinski definition) is 15. The van der Waals surface area contributed by atoms with Crippen molar-refractivity contribution in [3.63, 3.8) is 0 Å². The lowest BCUT2D eigenvalue weighted by Crippen LogP contribution is -2.30. The van der Waals surface area contributed by atoms with Gasteiger partial charge in [0, 0.05) is 25.7 Å². The summed E-state index contributed by atoms with van der Waals surface area (Å²) < 4.78 is 68.3. The van der Waals surface area contributed by atoms with E-state index in [2.05, 4.69) is 48.5 Å². The highest BCUT2D eigenvalue weighted by Crippen LogP contribution is 2.45. The van der Waals surface area contributed by atoms with Crippen LogP contribution in [0, 0.1) is 17.8 Å². The van der Waals surface area contributed by atoms with Gasteiger partial charge in [-0.1, -0.05) is 305 Å². The van der Waals surface area contributed by atoms with Crippen LogP contribution in [0.1, 0.15) is 357 Å². The maximum Gasteiger partial charge on any atom is 0.472 e. The summed E-state index contributed by atoms with van der Waals surface area (Å²) in [5.74, 6) is 0.193. The van der Waals surface area contributed by atoms with Crippen LogP contribution in [0.15, 0.2) is 0 Å². The monoisotopic (exact) mass is 1320 g/mol. The maximum absolute atomic E-state index is 13.0. The second-order valence-electron chi connectivity index (χ2n) is 26.6. The van der Waals surface area contributed by atoms with E-state index in [0.29, 0.717) is 31.6 Å². The van der Waals surface area contributed by atoms with Crippen LogP contribution < -0.4 is 0 Å². The van der Waals surface area contributed by atoms with E-state index in [-0.39, 0.29) is 25.7 Å². The van der Waals surface area contributed by atoms with Crippen LogP contribution in [0.25, 0.3) is 0 Å². The average molecular weight is 1330 g/mol. The summed E-state index contributed by atoms with van der Waals surface area (Å²) in [4.78, 5) is 72.6. The quantitative estimate of drug-likeness (QED) is 0.0222.